The van der Waals surface area contributed by atoms with Gasteiger partial charge in [0, 0.05) is 37.1 Å². The lowest BCUT2D eigenvalue weighted by atomic mass is 10.0. The maximum Gasteiger partial charge on any atom is 0.323 e. The fraction of sp³-hybridized carbons (Fsp3) is 0.400. The molecular formula is C25H32N6O4. The van der Waals surface area contributed by atoms with Gasteiger partial charge in [-0.3, -0.25) is 4.68 Å². The second-order valence-electron chi connectivity index (χ2n) is 8.64. The maximum absolute atomic E-state index is 12.6. The van der Waals surface area contributed by atoms with Crippen molar-refractivity contribution in [1.29, 1.82) is 0 Å². The van der Waals surface area contributed by atoms with Crippen LogP contribution in [0.25, 0.3) is 11.1 Å². The van der Waals surface area contributed by atoms with Crippen LogP contribution in [0.3, 0.4) is 0 Å². The number of rotatable bonds is 8. The number of anilines is 3. The quantitative estimate of drug-likeness (QED) is 0.451. The van der Waals surface area contributed by atoms with Crippen LogP contribution in [0.2, 0.25) is 0 Å². The van der Waals surface area contributed by atoms with Gasteiger partial charge in [-0.15, -0.1) is 0 Å². The molecule has 0 spiro atoms. The number of aliphatic hydroxyl groups is 1. The number of aromatic nitrogens is 3. The van der Waals surface area contributed by atoms with Gasteiger partial charge in [0.2, 0.25) is 5.88 Å². The van der Waals surface area contributed by atoms with Crippen LogP contribution in [0.4, 0.5) is 22.0 Å². The van der Waals surface area contributed by atoms with Crippen molar-refractivity contribution >= 4 is 23.2 Å². The van der Waals surface area contributed by atoms with Crippen molar-refractivity contribution in [2.24, 2.45) is 0 Å². The summed E-state index contributed by atoms with van der Waals surface area (Å²) in [7, 11) is 0. The average molecular weight is 481 g/mol. The normalized spacial score (nSPS) is 13.7. The molecule has 1 aliphatic heterocycles. The van der Waals surface area contributed by atoms with Crippen molar-refractivity contribution in [2.75, 3.05) is 55.1 Å². The molecule has 186 valence electrons. The van der Waals surface area contributed by atoms with E-state index >= 15 is 0 Å². The number of pyridine rings is 1. The lowest BCUT2D eigenvalue weighted by molar-refractivity contribution is 0.122. The largest absolute Gasteiger partial charge is 0.475 e. The molecule has 10 nitrogen and oxygen atoms in total. The first-order valence-electron chi connectivity index (χ1n) is 11.7. The van der Waals surface area contributed by atoms with E-state index < -0.39 is 0 Å². The van der Waals surface area contributed by atoms with Crippen LogP contribution in [0.1, 0.15) is 25.5 Å². The molecule has 0 saturated carbocycles. The number of benzene rings is 1. The molecule has 1 aromatic carbocycles. The Morgan fingerprint density at radius 2 is 1.94 bits per heavy atom. The van der Waals surface area contributed by atoms with Crippen molar-refractivity contribution < 1.29 is 19.4 Å². The number of aliphatic hydroxyl groups excluding tert-OH is 1. The van der Waals surface area contributed by atoms with Crippen LogP contribution in [0.5, 0.6) is 5.88 Å². The number of hydrogen-bond acceptors (Lipinski definition) is 7. The first-order chi connectivity index (χ1) is 16.9. The zero-order valence-corrected chi connectivity index (χ0v) is 20.3. The van der Waals surface area contributed by atoms with Gasteiger partial charge in [-0.05, 0) is 55.7 Å². The van der Waals surface area contributed by atoms with Crippen molar-refractivity contribution in [3.05, 3.63) is 48.3 Å². The first kappa shape index (κ1) is 24.5. The third-order valence-electron chi connectivity index (χ3n) is 5.66. The van der Waals surface area contributed by atoms with Crippen LogP contribution in [0, 0.1) is 6.92 Å². The third-order valence-corrected chi connectivity index (χ3v) is 5.66. The Morgan fingerprint density at radius 3 is 2.66 bits per heavy atom. The molecule has 0 atom stereocenters. The van der Waals surface area contributed by atoms with Crippen molar-refractivity contribution in [3.8, 4) is 17.0 Å². The Hall–Kier alpha value is -3.63. The zero-order chi connectivity index (χ0) is 24.8. The zero-order valence-electron chi connectivity index (χ0n) is 20.3. The van der Waals surface area contributed by atoms with Crippen molar-refractivity contribution in [3.63, 3.8) is 0 Å². The van der Waals surface area contributed by atoms with Crippen molar-refractivity contribution in [2.45, 2.75) is 26.8 Å². The Balaban J connectivity index is 1.57. The SMILES string of the molecule is Cc1ccc(NC(=O)Nc2cnn(C(C)C)c2)cc1-c1cc(OCCO)nc(N2CCOCC2)c1. The summed E-state index contributed by atoms with van der Waals surface area (Å²) >= 11 is 0. The molecule has 0 bridgehead atoms. The highest BCUT2D eigenvalue weighted by Crippen LogP contribution is 2.32. The Bertz CT molecular complexity index is 1160. The smallest absolute Gasteiger partial charge is 0.323 e. The van der Waals surface area contributed by atoms with E-state index in [1.165, 1.54) is 0 Å². The number of nitrogens with zero attached hydrogens (tertiary/aromatic N) is 4. The van der Waals surface area contributed by atoms with E-state index in [0.29, 0.717) is 30.5 Å². The molecule has 10 heteroatoms. The molecule has 1 saturated heterocycles. The molecule has 0 radical (unpaired) electrons. The van der Waals surface area contributed by atoms with Crippen LogP contribution < -0.4 is 20.3 Å². The summed E-state index contributed by atoms with van der Waals surface area (Å²) in [6.07, 6.45) is 3.42. The molecule has 35 heavy (non-hydrogen) atoms. The van der Waals surface area contributed by atoms with Gasteiger partial charge in [0.1, 0.15) is 12.4 Å². The maximum atomic E-state index is 12.6. The number of carbonyl (C=O) groups excluding carboxylic acids is 1. The minimum absolute atomic E-state index is 0.0948. The highest BCUT2D eigenvalue weighted by atomic mass is 16.5. The molecule has 2 aromatic heterocycles. The van der Waals surface area contributed by atoms with Crippen LogP contribution in [-0.2, 0) is 4.74 Å². The predicted molar refractivity (Wildman–Crippen MR) is 135 cm³/mol. The Kier molecular flexibility index (Phi) is 7.84. The molecule has 3 N–H and O–H groups in total. The summed E-state index contributed by atoms with van der Waals surface area (Å²) < 4.78 is 12.9. The standard InChI is InChI=1S/C25H32N6O4/c1-17(2)31-16-21(15-26-31)28-25(33)27-20-5-4-18(3)22(14-20)19-12-23(30-6-9-34-10-7-30)29-24(13-19)35-11-8-32/h4-5,12-17,32H,6-11H2,1-3H3,(H2,27,28,33). The fourth-order valence-corrected chi connectivity index (χ4v) is 3.81. The number of aryl methyl sites for hydroxylation is 1. The number of ether oxygens (including phenoxy) is 2. The summed E-state index contributed by atoms with van der Waals surface area (Å²) in [5.74, 6) is 1.23. The Labute approximate surface area is 204 Å². The number of nitrogens with one attached hydrogen (secondary N) is 2. The summed E-state index contributed by atoms with van der Waals surface area (Å²) in [6.45, 7) is 8.89. The summed E-state index contributed by atoms with van der Waals surface area (Å²) in [5.41, 5.74) is 4.18. The lowest BCUT2D eigenvalue weighted by Gasteiger charge is -2.28. The van der Waals surface area contributed by atoms with E-state index in [9.17, 15) is 9.90 Å². The van der Waals surface area contributed by atoms with Gasteiger partial charge in [-0.25, -0.2) is 4.79 Å². The minimum Gasteiger partial charge on any atom is -0.475 e. The minimum atomic E-state index is -0.348. The molecule has 0 aliphatic carbocycles. The highest BCUT2D eigenvalue weighted by Gasteiger charge is 2.17. The van der Waals surface area contributed by atoms with E-state index in [2.05, 4.69) is 25.6 Å². The third kappa shape index (κ3) is 6.28. The monoisotopic (exact) mass is 480 g/mol. The number of urea groups is 1. The van der Waals surface area contributed by atoms with E-state index in [1.807, 2.05) is 51.1 Å². The predicted octanol–water partition coefficient (Wildman–Crippen LogP) is 3.69. The van der Waals surface area contributed by atoms with E-state index in [0.717, 1.165) is 35.6 Å². The molecule has 4 rings (SSSR count). The summed E-state index contributed by atoms with van der Waals surface area (Å²) in [6, 6.07) is 9.49. The van der Waals surface area contributed by atoms with Gasteiger partial charge in [0.05, 0.1) is 31.7 Å². The molecule has 0 unspecified atom stereocenters. The molecule has 3 heterocycles. The molecular weight excluding hydrogens is 448 g/mol. The van der Waals surface area contributed by atoms with Crippen molar-refractivity contribution in [1.82, 2.24) is 14.8 Å². The van der Waals surface area contributed by atoms with Crippen LogP contribution >= 0.6 is 0 Å². The molecule has 2 amide bonds. The van der Waals surface area contributed by atoms with Gasteiger partial charge < -0.3 is 30.1 Å². The van der Waals surface area contributed by atoms with Gasteiger partial charge in [-0.2, -0.15) is 10.1 Å². The number of carbonyl (C=O) groups is 1. The van der Waals surface area contributed by atoms with Gasteiger partial charge in [0.15, 0.2) is 0 Å². The van der Waals surface area contributed by atoms with Crippen LogP contribution in [-0.4, -0.2) is 65.4 Å². The number of morpholine rings is 1. The highest BCUT2D eigenvalue weighted by molar-refractivity contribution is 6.00. The molecule has 1 fully saturated rings. The topological polar surface area (TPSA) is 114 Å². The average Bonchev–Trinajstić information content (AvgIpc) is 3.33. The molecule has 1 aliphatic rings. The number of hydrogen-bond donors (Lipinski definition) is 3. The lowest BCUT2D eigenvalue weighted by Crippen LogP contribution is -2.36. The van der Waals surface area contributed by atoms with Gasteiger partial charge >= 0.3 is 6.03 Å². The second-order valence-corrected chi connectivity index (χ2v) is 8.64. The van der Waals surface area contributed by atoms with E-state index in [4.69, 9.17) is 9.47 Å². The summed E-state index contributed by atoms with van der Waals surface area (Å²) in [4.78, 5) is 19.4. The second kappa shape index (κ2) is 11.2. The first-order valence-corrected chi connectivity index (χ1v) is 11.7. The fourth-order valence-electron chi connectivity index (χ4n) is 3.81. The summed E-state index contributed by atoms with van der Waals surface area (Å²) in [5, 5.41) is 19.2. The number of amides is 2. The van der Waals surface area contributed by atoms with Gasteiger partial charge in [0.25, 0.3) is 0 Å². The van der Waals surface area contributed by atoms with E-state index in [-0.39, 0.29) is 25.3 Å². The van der Waals surface area contributed by atoms with Crippen LogP contribution in [0.15, 0.2) is 42.7 Å². The molecule has 3 aromatic rings. The Morgan fingerprint density at radius 1 is 1.17 bits per heavy atom. The van der Waals surface area contributed by atoms with E-state index in [1.54, 1.807) is 17.1 Å². The van der Waals surface area contributed by atoms with Gasteiger partial charge in [-0.1, -0.05) is 6.07 Å².